The fourth-order valence-electron chi connectivity index (χ4n) is 3.67. The number of hydrogen-bond acceptors (Lipinski definition) is 4. The number of ether oxygens (including phenoxy) is 1. The summed E-state index contributed by atoms with van der Waals surface area (Å²) in [6, 6.07) is 4.16. The van der Waals surface area contributed by atoms with Crippen LogP contribution >= 0.6 is 0 Å². The van der Waals surface area contributed by atoms with Gasteiger partial charge in [0, 0.05) is 18.5 Å². The molecule has 5 nitrogen and oxygen atoms in total. The number of nitrogens with zero attached hydrogens (tertiary/aromatic N) is 3. The number of benzene rings is 1. The van der Waals surface area contributed by atoms with E-state index in [0.29, 0.717) is 28.1 Å². The number of aryl methyl sites for hydroxylation is 2. The minimum atomic E-state index is -4.37. The van der Waals surface area contributed by atoms with Gasteiger partial charge in [-0.15, -0.1) is 0 Å². The second-order valence-corrected chi connectivity index (χ2v) is 7.11. The molecule has 1 aliphatic rings. The molecule has 2 aromatic heterocycles. The summed E-state index contributed by atoms with van der Waals surface area (Å²) in [5, 5.41) is 3.18. The molecule has 0 amide bonds. The van der Waals surface area contributed by atoms with E-state index in [2.05, 4.69) is 15.3 Å². The molecule has 148 valence electrons. The van der Waals surface area contributed by atoms with Crippen LogP contribution in [0.1, 0.15) is 42.2 Å². The molecule has 0 saturated carbocycles. The summed E-state index contributed by atoms with van der Waals surface area (Å²) >= 11 is 0. The molecule has 1 aromatic carbocycles. The molecule has 0 bridgehead atoms. The summed E-state index contributed by atoms with van der Waals surface area (Å²) in [5.41, 5.74) is 2.50. The Labute approximate surface area is 160 Å². The van der Waals surface area contributed by atoms with Crippen molar-refractivity contribution >= 4 is 22.5 Å². The third kappa shape index (κ3) is 3.44. The van der Waals surface area contributed by atoms with Gasteiger partial charge in [0.15, 0.2) is 5.82 Å². The monoisotopic (exact) mass is 390 g/mol. The molecule has 0 spiro atoms. The van der Waals surface area contributed by atoms with Crippen LogP contribution in [0.2, 0.25) is 0 Å². The highest BCUT2D eigenvalue weighted by atomic mass is 19.4. The highest BCUT2D eigenvalue weighted by Crippen LogP contribution is 2.35. The van der Waals surface area contributed by atoms with E-state index in [1.54, 1.807) is 26.4 Å². The predicted molar refractivity (Wildman–Crippen MR) is 101 cm³/mol. The molecule has 1 saturated heterocycles. The Morgan fingerprint density at radius 2 is 1.89 bits per heavy atom. The van der Waals surface area contributed by atoms with Crippen LogP contribution in [-0.4, -0.2) is 21.1 Å². The van der Waals surface area contributed by atoms with Gasteiger partial charge in [-0.25, -0.2) is 9.97 Å². The van der Waals surface area contributed by atoms with Crippen molar-refractivity contribution in [3.8, 4) is 0 Å². The molecule has 28 heavy (non-hydrogen) atoms. The summed E-state index contributed by atoms with van der Waals surface area (Å²) in [6.07, 6.45) is 2.07. The Kier molecular flexibility index (Phi) is 4.74. The lowest BCUT2D eigenvalue weighted by Crippen LogP contribution is -2.17. The van der Waals surface area contributed by atoms with E-state index in [1.165, 1.54) is 0 Å². The smallest absolute Gasteiger partial charge is 0.358 e. The van der Waals surface area contributed by atoms with Crippen molar-refractivity contribution < 1.29 is 17.9 Å². The molecule has 1 fully saturated rings. The predicted octanol–water partition coefficient (Wildman–Crippen LogP) is 5.51. The van der Waals surface area contributed by atoms with Crippen molar-refractivity contribution in [2.45, 2.75) is 45.5 Å². The van der Waals surface area contributed by atoms with Crippen molar-refractivity contribution in [2.24, 2.45) is 0 Å². The lowest BCUT2D eigenvalue weighted by Gasteiger charge is -2.24. The van der Waals surface area contributed by atoms with Crippen molar-refractivity contribution in [3.63, 3.8) is 0 Å². The van der Waals surface area contributed by atoms with Crippen molar-refractivity contribution in [1.82, 2.24) is 14.5 Å². The second-order valence-electron chi connectivity index (χ2n) is 7.11. The summed E-state index contributed by atoms with van der Waals surface area (Å²) in [6.45, 7) is 4.03. The van der Waals surface area contributed by atoms with Gasteiger partial charge in [0.2, 0.25) is 0 Å². The normalized spacial score (nSPS) is 17.8. The first-order chi connectivity index (χ1) is 13.3. The number of aromatic nitrogens is 3. The summed E-state index contributed by atoms with van der Waals surface area (Å²) in [5.74, 6) is 0.512. The second kappa shape index (κ2) is 7.09. The molecule has 1 unspecified atom stereocenters. The first-order valence-corrected chi connectivity index (χ1v) is 9.23. The molecule has 1 atom stereocenters. The van der Waals surface area contributed by atoms with E-state index in [0.717, 1.165) is 43.5 Å². The standard InChI is InChI=1S/C20H21F3N4O/c1-12-9-14(20(21,22)23)10-13(2)17(12)26-19-18-15(6-7-24-19)27(11-25-18)16-5-3-4-8-28-16/h6-7,9-11,16H,3-5,8H2,1-2H3,(H,24,26). The van der Waals surface area contributed by atoms with E-state index in [9.17, 15) is 13.2 Å². The molecule has 1 N–H and O–H groups in total. The fourth-order valence-corrected chi connectivity index (χ4v) is 3.67. The minimum absolute atomic E-state index is 0.0523. The molecule has 4 rings (SSSR count). The van der Waals surface area contributed by atoms with Gasteiger partial charge in [0.05, 0.1) is 17.4 Å². The Bertz CT molecular complexity index is 983. The van der Waals surface area contributed by atoms with Crippen LogP contribution in [-0.2, 0) is 10.9 Å². The average Bonchev–Trinajstić information content (AvgIpc) is 3.09. The third-order valence-corrected chi connectivity index (χ3v) is 5.06. The fraction of sp³-hybridized carbons (Fsp3) is 0.400. The number of halogens is 3. The van der Waals surface area contributed by atoms with Gasteiger partial charge < -0.3 is 14.6 Å². The maximum atomic E-state index is 13.0. The van der Waals surface area contributed by atoms with E-state index < -0.39 is 11.7 Å². The summed E-state index contributed by atoms with van der Waals surface area (Å²) in [7, 11) is 0. The van der Waals surface area contributed by atoms with Crippen molar-refractivity contribution in [1.29, 1.82) is 0 Å². The Balaban J connectivity index is 1.70. The Morgan fingerprint density at radius 3 is 2.54 bits per heavy atom. The Morgan fingerprint density at radius 1 is 1.14 bits per heavy atom. The molecular formula is C20H21F3N4O. The SMILES string of the molecule is Cc1cc(C(F)(F)F)cc(C)c1Nc1nccc2c1ncn2C1CCCCO1. The van der Waals surface area contributed by atoms with Gasteiger partial charge >= 0.3 is 6.18 Å². The largest absolute Gasteiger partial charge is 0.416 e. The quantitative estimate of drug-likeness (QED) is 0.641. The molecule has 8 heteroatoms. The zero-order valence-electron chi connectivity index (χ0n) is 15.7. The highest BCUT2D eigenvalue weighted by Gasteiger charge is 2.31. The molecule has 0 aliphatic carbocycles. The van der Waals surface area contributed by atoms with Crippen LogP contribution in [0.5, 0.6) is 0 Å². The molecular weight excluding hydrogens is 369 g/mol. The molecule has 3 aromatic rings. The molecule has 3 heterocycles. The topological polar surface area (TPSA) is 52.0 Å². The maximum absolute atomic E-state index is 13.0. The molecule has 1 aliphatic heterocycles. The number of alkyl halides is 3. The zero-order valence-corrected chi connectivity index (χ0v) is 15.7. The number of imidazole rings is 1. The Hall–Kier alpha value is -2.61. The van der Waals surface area contributed by atoms with E-state index >= 15 is 0 Å². The highest BCUT2D eigenvalue weighted by molar-refractivity contribution is 5.88. The van der Waals surface area contributed by atoms with Crippen molar-refractivity contribution in [3.05, 3.63) is 47.4 Å². The van der Waals surface area contributed by atoms with E-state index in [1.807, 2.05) is 10.6 Å². The number of pyridine rings is 1. The number of rotatable bonds is 3. The van der Waals surface area contributed by atoms with Crippen LogP contribution in [0, 0.1) is 13.8 Å². The lowest BCUT2D eigenvalue weighted by molar-refractivity contribution is -0.137. The van der Waals surface area contributed by atoms with Crippen LogP contribution < -0.4 is 5.32 Å². The van der Waals surface area contributed by atoms with E-state index in [4.69, 9.17) is 4.74 Å². The van der Waals surface area contributed by atoms with Crippen LogP contribution in [0.3, 0.4) is 0 Å². The van der Waals surface area contributed by atoms with E-state index in [-0.39, 0.29) is 6.23 Å². The summed E-state index contributed by atoms with van der Waals surface area (Å²) < 4.78 is 47.0. The van der Waals surface area contributed by atoms with Crippen LogP contribution in [0.25, 0.3) is 11.0 Å². The minimum Gasteiger partial charge on any atom is -0.358 e. The number of fused-ring (bicyclic) bond motifs is 1. The van der Waals surface area contributed by atoms with Gasteiger partial charge in [-0.05, 0) is 62.4 Å². The van der Waals surface area contributed by atoms with Crippen LogP contribution in [0.15, 0.2) is 30.7 Å². The van der Waals surface area contributed by atoms with Gasteiger partial charge in [-0.3, -0.25) is 0 Å². The number of nitrogens with one attached hydrogen (secondary N) is 1. The first-order valence-electron chi connectivity index (χ1n) is 9.23. The zero-order chi connectivity index (χ0) is 19.9. The first kappa shape index (κ1) is 18.7. The lowest BCUT2D eigenvalue weighted by atomic mass is 10.0. The maximum Gasteiger partial charge on any atom is 0.416 e. The number of anilines is 2. The van der Waals surface area contributed by atoms with Crippen LogP contribution in [0.4, 0.5) is 24.7 Å². The van der Waals surface area contributed by atoms with Gasteiger partial charge in [-0.2, -0.15) is 13.2 Å². The molecule has 0 radical (unpaired) electrons. The summed E-state index contributed by atoms with van der Waals surface area (Å²) in [4.78, 5) is 8.85. The average molecular weight is 390 g/mol. The van der Waals surface area contributed by atoms with Gasteiger partial charge in [0.25, 0.3) is 0 Å². The van der Waals surface area contributed by atoms with Gasteiger partial charge in [-0.1, -0.05) is 0 Å². The number of hydrogen-bond donors (Lipinski definition) is 1. The van der Waals surface area contributed by atoms with Gasteiger partial charge in [0.1, 0.15) is 11.7 Å². The third-order valence-electron chi connectivity index (χ3n) is 5.06. The van der Waals surface area contributed by atoms with Crippen molar-refractivity contribution in [2.75, 3.05) is 11.9 Å².